The van der Waals surface area contributed by atoms with Gasteiger partial charge in [0.15, 0.2) is 0 Å². The highest BCUT2D eigenvalue weighted by Gasteiger charge is 2.23. The topological polar surface area (TPSA) is 21.3 Å². The first-order valence-corrected chi connectivity index (χ1v) is 7.42. The first kappa shape index (κ1) is 13.6. The van der Waals surface area contributed by atoms with E-state index in [9.17, 15) is 0 Å². The van der Waals surface area contributed by atoms with Gasteiger partial charge in [-0.15, -0.1) is 0 Å². The third-order valence-electron chi connectivity index (χ3n) is 3.53. The van der Waals surface area contributed by atoms with Gasteiger partial charge in [0.2, 0.25) is 0 Å². The lowest BCUT2D eigenvalue weighted by molar-refractivity contribution is 0.210. The molecule has 2 aromatic carbocycles. The molecule has 0 bridgehead atoms. The summed E-state index contributed by atoms with van der Waals surface area (Å²) in [6.45, 7) is 2.82. The first-order valence-electron chi connectivity index (χ1n) is 6.66. The van der Waals surface area contributed by atoms with Crippen LogP contribution in [0.5, 0.6) is 5.75 Å². The van der Waals surface area contributed by atoms with Crippen molar-refractivity contribution >= 4 is 28.9 Å². The zero-order valence-corrected chi connectivity index (χ0v) is 12.6. The van der Waals surface area contributed by atoms with Crippen LogP contribution in [0.25, 0.3) is 0 Å². The van der Waals surface area contributed by atoms with Crippen molar-refractivity contribution in [3.05, 3.63) is 57.6 Å². The minimum Gasteiger partial charge on any atom is -0.482 e. The third-order valence-corrected chi connectivity index (χ3v) is 4.36. The standard InChI is InChI=1S/C16H15Cl2NO/c1-2-10-6-7-14-13(8-10)19-9-15(20-14)11-4-3-5-12(17)16(11)18/h3-8,15,19H,2,9H2,1H3. The summed E-state index contributed by atoms with van der Waals surface area (Å²) in [7, 11) is 0. The molecule has 1 unspecified atom stereocenters. The maximum absolute atomic E-state index is 6.26. The molecule has 104 valence electrons. The van der Waals surface area contributed by atoms with E-state index >= 15 is 0 Å². The summed E-state index contributed by atoms with van der Waals surface area (Å²) >= 11 is 12.3. The Morgan fingerprint density at radius 1 is 1.25 bits per heavy atom. The maximum Gasteiger partial charge on any atom is 0.143 e. The fraction of sp³-hybridized carbons (Fsp3) is 0.250. The molecule has 2 aromatic rings. The fourth-order valence-electron chi connectivity index (χ4n) is 2.38. The maximum atomic E-state index is 6.26. The molecule has 0 radical (unpaired) electrons. The lowest BCUT2D eigenvalue weighted by Crippen LogP contribution is -2.24. The molecule has 0 aliphatic carbocycles. The van der Waals surface area contributed by atoms with Gasteiger partial charge in [0.05, 0.1) is 22.3 Å². The Balaban J connectivity index is 1.90. The van der Waals surface area contributed by atoms with Crippen LogP contribution < -0.4 is 10.1 Å². The van der Waals surface area contributed by atoms with E-state index in [2.05, 4.69) is 24.4 Å². The third kappa shape index (κ3) is 2.46. The lowest BCUT2D eigenvalue weighted by atomic mass is 10.1. The molecule has 0 saturated carbocycles. The molecule has 1 N–H and O–H groups in total. The molecule has 1 heterocycles. The summed E-state index contributed by atoms with van der Waals surface area (Å²) in [5.74, 6) is 0.856. The average Bonchev–Trinajstić information content (AvgIpc) is 2.49. The number of fused-ring (bicyclic) bond motifs is 1. The second-order valence-electron chi connectivity index (χ2n) is 4.81. The number of benzene rings is 2. The molecule has 1 aliphatic rings. The van der Waals surface area contributed by atoms with Crippen LogP contribution in [-0.2, 0) is 6.42 Å². The molecular weight excluding hydrogens is 293 g/mol. The van der Waals surface area contributed by atoms with E-state index in [1.165, 1.54) is 5.56 Å². The van der Waals surface area contributed by atoms with Crippen molar-refractivity contribution in [2.45, 2.75) is 19.4 Å². The Bertz CT molecular complexity index is 642. The molecule has 20 heavy (non-hydrogen) atoms. The molecule has 0 aromatic heterocycles. The van der Waals surface area contributed by atoms with E-state index in [1.54, 1.807) is 6.07 Å². The summed E-state index contributed by atoms with van der Waals surface area (Å²) in [4.78, 5) is 0. The second-order valence-corrected chi connectivity index (χ2v) is 5.60. The fourth-order valence-corrected chi connectivity index (χ4v) is 2.81. The Morgan fingerprint density at radius 3 is 2.90 bits per heavy atom. The number of hydrogen-bond donors (Lipinski definition) is 1. The van der Waals surface area contributed by atoms with E-state index in [4.69, 9.17) is 27.9 Å². The number of nitrogens with one attached hydrogen (secondary N) is 1. The van der Waals surface area contributed by atoms with Gasteiger partial charge in [-0.25, -0.2) is 0 Å². The summed E-state index contributed by atoms with van der Waals surface area (Å²) < 4.78 is 6.05. The van der Waals surface area contributed by atoms with Gasteiger partial charge in [0.1, 0.15) is 11.9 Å². The Labute approximate surface area is 128 Å². The van der Waals surface area contributed by atoms with E-state index in [1.807, 2.05) is 18.2 Å². The highest BCUT2D eigenvalue weighted by molar-refractivity contribution is 6.42. The second kappa shape index (κ2) is 5.55. The van der Waals surface area contributed by atoms with Crippen molar-refractivity contribution in [2.24, 2.45) is 0 Å². The van der Waals surface area contributed by atoms with Crippen LogP contribution in [0, 0.1) is 0 Å². The van der Waals surface area contributed by atoms with Gasteiger partial charge in [-0.2, -0.15) is 0 Å². The molecule has 1 aliphatic heterocycles. The summed E-state index contributed by atoms with van der Waals surface area (Å²) in [6.07, 6.45) is 0.889. The summed E-state index contributed by atoms with van der Waals surface area (Å²) in [6, 6.07) is 11.8. The van der Waals surface area contributed by atoms with E-state index in [0.717, 1.165) is 23.4 Å². The summed E-state index contributed by atoms with van der Waals surface area (Å²) in [5.41, 5.74) is 3.25. The van der Waals surface area contributed by atoms with Crippen LogP contribution in [0.2, 0.25) is 10.0 Å². The molecule has 0 fully saturated rings. The van der Waals surface area contributed by atoms with Crippen LogP contribution in [0.15, 0.2) is 36.4 Å². The quantitative estimate of drug-likeness (QED) is 0.833. The molecule has 4 heteroatoms. The normalized spacial score (nSPS) is 17.1. The van der Waals surface area contributed by atoms with Crippen molar-refractivity contribution in [2.75, 3.05) is 11.9 Å². The van der Waals surface area contributed by atoms with E-state index in [0.29, 0.717) is 16.6 Å². The highest BCUT2D eigenvalue weighted by atomic mass is 35.5. The van der Waals surface area contributed by atoms with Gasteiger partial charge in [0, 0.05) is 5.56 Å². The predicted molar refractivity (Wildman–Crippen MR) is 84.1 cm³/mol. The molecule has 3 rings (SSSR count). The predicted octanol–water partition coefficient (Wildman–Crippen LogP) is 5.10. The van der Waals surface area contributed by atoms with Crippen LogP contribution in [-0.4, -0.2) is 6.54 Å². The van der Waals surface area contributed by atoms with Gasteiger partial charge in [-0.3, -0.25) is 0 Å². The number of aryl methyl sites for hydroxylation is 1. The molecule has 0 saturated heterocycles. The van der Waals surface area contributed by atoms with E-state index in [-0.39, 0.29) is 6.10 Å². The van der Waals surface area contributed by atoms with Crippen LogP contribution in [0.4, 0.5) is 5.69 Å². The highest BCUT2D eigenvalue weighted by Crippen LogP contribution is 2.38. The minimum absolute atomic E-state index is 0.124. The average molecular weight is 308 g/mol. The summed E-state index contributed by atoms with van der Waals surface area (Å²) in [5, 5.41) is 4.53. The Hall–Kier alpha value is -1.38. The zero-order chi connectivity index (χ0) is 14.1. The Morgan fingerprint density at radius 2 is 2.10 bits per heavy atom. The number of rotatable bonds is 2. The van der Waals surface area contributed by atoms with Gasteiger partial charge >= 0.3 is 0 Å². The number of hydrogen-bond acceptors (Lipinski definition) is 2. The molecule has 0 spiro atoms. The SMILES string of the molecule is CCc1ccc2c(c1)NCC(c1cccc(Cl)c1Cl)O2. The number of ether oxygens (including phenoxy) is 1. The van der Waals surface area contributed by atoms with Gasteiger partial charge in [-0.1, -0.05) is 48.3 Å². The number of halogens is 2. The minimum atomic E-state index is -0.124. The van der Waals surface area contributed by atoms with Crippen LogP contribution in [0.1, 0.15) is 24.2 Å². The zero-order valence-electron chi connectivity index (χ0n) is 11.1. The first-order chi connectivity index (χ1) is 9.69. The largest absolute Gasteiger partial charge is 0.482 e. The van der Waals surface area contributed by atoms with Crippen molar-refractivity contribution in [3.8, 4) is 5.75 Å². The monoisotopic (exact) mass is 307 g/mol. The molecule has 0 amide bonds. The van der Waals surface area contributed by atoms with Crippen molar-refractivity contribution in [1.29, 1.82) is 0 Å². The smallest absolute Gasteiger partial charge is 0.143 e. The molecule has 2 nitrogen and oxygen atoms in total. The van der Waals surface area contributed by atoms with Crippen LogP contribution >= 0.6 is 23.2 Å². The Kier molecular flexibility index (Phi) is 3.77. The van der Waals surface area contributed by atoms with Crippen LogP contribution in [0.3, 0.4) is 0 Å². The van der Waals surface area contributed by atoms with Gasteiger partial charge < -0.3 is 10.1 Å². The van der Waals surface area contributed by atoms with Gasteiger partial charge in [-0.05, 0) is 30.2 Å². The van der Waals surface area contributed by atoms with Crippen molar-refractivity contribution < 1.29 is 4.74 Å². The molecular formula is C16H15Cl2NO. The van der Waals surface area contributed by atoms with E-state index < -0.39 is 0 Å². The van der Waals surface area contributed by atoms with Crippen molar-refractivity contribution in [3.63, 3.8) is 0 Å². The van der Waals surface area contributed by atoms with Gasteiger partial charge in [0.25, 0.3) is 0 Å². The van der Waals surface area contributed by atoms with Crippen molar-refractivity contribution in [1.82, 2.24) is 0 Å². The molecule has 1 atom stereocenters. The lowest BCUT2D eigenvalue weighted by Gasteiger charge is -2.28. The number of anilines is 1.